The highest BCUT2D eigenvalue weighted by atomic mass is 79.9. The molecular formula is C17H26BrN5O2S. The van der Waals surface area contributed by atoms with Gasteiger partial charge < -0.3 is 14.8 Å². The fourth-order valence-electron chi connectivity index (χ4n) is 2.27. The Balaban J connectivity index is 1.80. The van der Waals surface area contributed by atoms with Crippen molar-refractivity contribution >= 4 is 27.7 Å². The minimum absolute atomic E-state index is 0.611. The topological polar surface area (TPSA) is 74.1 Å². The molecule has 0 aliphatic carbocycles. The molecule has 0 bridgehead atoms. The zero-order valence-electron chi connectivity index (χ0n) is 15.5. The van der Waals surface area contributed by atoms with Crippen LogP contribution in [0.1, 0.15) is 32.3 Å². The van der Waals surface area contributed by atoms with Gasteiger partial charge in [0.05, 0.1) is 17.7 Å². The molecule has 0 unspecified atom stereocenters. The van der Waals surface area contributed by atoms with Crippen LogP contribution in [0.25, 0.3) is 0 Å². The number of aromatic nitrogens is 4. The molecule has 2 aromatic rings. The van der Waals surface area contributed by atoms with Gasteiger partial charge in [-0.05, 0) is 70.4 Å². The summed E-state index contributed by atoms with van der Waals surface area (Å²) in [6.07, 6.45) is 2.00. The molecule has 0 saturated carbocycles. The molecule has 1 N–H and O–H groups in total. The van der Waals surface area contributed by atoms with Gasteiger partial charge in [0, 0.05) is 19.3 Å². The summed E-state index contributed by atoms with van der Waals surface area (Å²) >= 11 is 5.27. The molecule has 26 heavy (non-hydrogen) atoms. The van der Waals surface area contributed by atoms with Crippen LogP contribution in [-0.2, 0) is 13.6 Å². The summed E-state index contributed by atoms with van der Waals surface area (Å²) in [5.74, 6) is 2.54. The van der Waals surface area contributed by atoms with E-state index in [2.05, 4.69) is 49.8 Å². The van der Waals surface area contributed by atoms with Gasteiger partial charge in [-0.2, -0.15) is 0 Å². The first-order valence-corrected chi connectivity index (χ1v) is 10.6. The standard InChI is InChI=1S/C17H26BrN5O2S/c1-4-8-25-16-14(18)10-13(11-15(16)24-5-2)12-19-7-6-9-26-17-20-21-22-23(17)3/h10-11,19H,4-9,12H2,1-3H3. The van der Waals surface area contributed by atoms with Crippen molar-refractivity contribution in [3.05, 3.63) is 22.2 Å². The predicted octanol–water partition coefficient (Wildman–Crippen LogP) is 3.43. The fraction of sp³-hybridized carbons (Fsp3) is 0.588. The third-order valence-electron chi connectivity index (χ3n) is 3.46. The number of nitrogens with zero attached hydrogens (tertiary/aromatic N) is 4. The molecule has 0 amide bonds. The zero-order chi connectivity index (χ0) is 18.8. The Morgan fingerprint density at radius 2 is 2.12 bits per heavy atom. The molecular weight excluding hydrogens is 418 g/mol. The van der Waals surface area contributed by atoms with Crippen molar-refractivity contribution in [1.29, 1.82) is 0 Å². The van der Waals surface area contributed by atoms with E-state index in [1.807, 2.05) is 20.0 Å². The number of benzene rings is 1. The number of tetrazole rings is 1. The van der Waals surface area contributed by atoms with E-state index in [9.17, 15) is 0 Å². The van der Waals surface area contributed by atoms with Gasteiger partial charge in [0.15, 0.2) is 11.5 Å². The molecule has 144 valence electrons. The quantitative estimate of drug-likeness (QED) is 0.397. The molecule has 1 heterocycles. The molecule has 7 nitrogen and oxygen atoms in total. The zero-order valence-corrected chi connectivity index (χ0v) is 17.9. The van der Waals surface area contributed by atoms with Crippen molar-refractivity contribution in [2.24, 2.45) is 7.05 Å². The molecule has 1 aromatic heterocycles. The van der Waals surface area contributed by atoms with E-state index in [0.29, 0.717) is 13.2 Å². The van der Waals surface area contributed by atoms with Crippen molar-refractivity contribution < 1.29 is 9.47 Å². The second-order valence-corrected chi connectivity index (χ2v) is 7.57. The summed E-state index contributed by atoms with van der Waals surface area (Å²) in [6, 6.07) is 4.13. The van der Waals surface area contributed by atoms with E-state index in [0.717, 1.165) is 58.4 Å². The first kappa shape index (κ1) is 21.0. The minimum Gasteiger partial charge on any atom is -0.490 e. The second kappa shape index (κ2) is 11.4. The fourth-order valence-corrected chi connectivity index (χ4v) is 3.66. The lowest BCUT2D eigenvalue weighted by molar-refractivity contribution is 0.275. The Kier molecular flexibility index (Phi) is 9.21. The van der Waals surface area contributed by atoms with Crippen LogP contribution >= 0.6 is 27.7 Å². The summed E-state index contributed by atoms with van der Waals surface area (Å²) in [4.78, 5) is 0. The van der Waals surface area contributed by atoms with Gasteiger partial charge in [-0.3, -0.25) is 0 Å². The number of thioether (sulfide) groups is 1. The molecule has 0 aliphatic heterocycles. The Hall–Kier alpha value is -1.32. The van der Waals surface area contributed by atoms with Gasteiger partial charge in [-0.15, -0.1) is 5.10 Å². The number of hydrogen-bond acceptors (Lipinski definition) is 7. The highest BCUT2D eigenvalue weighted by Crippen LogP contribution is 2.37. The summed E-state index contributed by atoms with van der Waals surface area (Å²) in [5.41, 5.74) is 1.16. The summed E-state index contributed by atoms with van der Waals surface area (Å²) < 4.78 is 14.2. The maximum Gasteiger partial charge on any atom is 0.209 e. The summed E-state index contributed by atoms with van der Waals surface area (Å²) in [7, 11) is 1.85. The molecule has 1 aromatic carbocycles. The van der Waals surface area contributed by atoms with Crippen LogP contribution in [0.4, 0.5) is 0 Å². The first-order chi connectivity index (χ1) is 12.7. The number of rotatable bonds is 12. The lowest BCUT2D eigenvalue weighted by Crippen LogP contribution is -2.15. The third kappa shape index (κ3) is 6.44. The predicted molar refractivity (Wildman–Crippen MR) is 107 cm³/mol. The maximum atomic E-state index is 5.81. The lowest BCUT2D eigenvalue weighted by atomic mass is 10.2. The SMILES string of the molecule is CCCOc1c(Br)cc(CNCCCSc2nnnn2C)cc1OCC. The van der Waals surface area contributed by atoms with Gasteiger partial charge in [0.1, 0.15) is 0 Å². The average Bonchev–Trinajstić information content (AvgIpc) is 3.02. The van der Waals surface area contributed by atoms with E-state index >= 15 is 0 Å². The Morgan fingerprint density at radius 3 is 2.81 bits per heavy atom. The Labute approximate surface area is 167 Å². The van der Waals surface area contributed by atoms with E-state index in [1.165, 1.54) is 0 Å². The monoisotopic (exact) mass is 443 g/mol. The number of nitrogens with one attached hydrogen (secondary N) is 1. The Bertz CT molecular complexity index is 683. The largest absolute Gasteiger partial charge is 0.490 e. The van der Waals surface area contributed by atoms with E-state index in [1.54, 1.807) is 16.4 Å². The van der Waals surface area contributed by atoms with Crippen LogP contribution in [0.15, 0.2) is 21.8 Å². The molecule has 0 aliphatic rings. The molecule has 0 fully saturated rings. The first-order valence-electron chi connectivity index (χ1n) is 8.79. The van der Waals surface area contributed by atoms with Crippen molar-refractivity contribution in [2.75, 3.05) is 25.5 Å². The summed E-state index contributed by atoms with van der Waals surface area (Å²) in [5, 5.41) is 15.7. The Morgan fingerprint density at radius 1 is 1.27 bits per heavy atom. The van der Waals surface area contributed by atoms with E-state index in [4.69, 9.17) is 9.47 Å². The van der Waals surface area contributed by atoms with Crippen LogP contribution in [0, 0.1) is 0 Å². The lowest BCUT2D eigenvalue weighted by Gasteiger charge is -2.15. The number of halogens is 1. The smallest absolute Gasteiger partial charge is 0.209 e. The second-order valence-electron chi connectivity index (χ2n) is 5.65. The van der Waals surface area contributed by atoms with Crippen molar-refractivity contribution in [2.45, 2.75) is 38.4 Å². The molecule has 9 heteroatoms. The van der Waals surface area contributed by atoms with Gasteiger partial charge in [-0.25, -0.2) is 4.68 Å². The van der Waals surface area contributed by atoms with Crippen LogP contribution in [0.5, 0.6) is 11.5 Å². The van der Waals surface area contributed by atoms with Crippen molar-refractivity contribution in [3.63, 3.8) is 0 Å². The molecule has 2 rings (SSSR count). The van der Waals surface area contributed by atoms with Crippen molar-refractivity contribution in [1.82, 2.24) is 25.5 Å². The highest BCUT2D eigenvalue weighted by Gasteiger charge is 2.12. The average molecular weight is 444 g/mol. The summed E-state index contributed by atoms with van der Waals surface area (Å²) in [6.45, 7) is 7.06. The van der Waals surface area contributed by atoms with E-state index in [-0.39, 0.29) is 0 Å². The third-order valence-corrected chi connectivity index (χ3v) is 5.15. The van der Waals surface area contributed by atoms with Crippen LogP contribution in [0.3, 0.4) is 0 Å². The van der Waals surface area contributed by atoms with Crippen LogP contribution in [-0.4, -0.2) is 45.7 Å². The van der Waals surface area contributed by atoms with Gasteiger partial charge in [0.25, 0.3) is 0 Å². The number of aryl methyl sites for hydroxylation is 1. The maximum absolute atomic E-state index is 5.81. The normalized spacial score (nSPS) is 10.9. The molecule has 0 radical (unpaired) electrons. The molecule has 0 spiro atoms. The van der Waals surface area contributed by atoms with Crippen molar-refractivity contribution in [3.8, 4) is 11.5 Å². The molecule has 0 atom stereocenters. The molecule has 0 saturated heterocycles. The van der Waals surface area contributed by atoms with Gasteiger partial charge in [-0.1, -0.05) is 18.7 Å². The van der Waals surface area contributed by atoms with Gasteiger partial charge >= 0.3 is 0 Å². The number of ether oxygens (including phenoxy) is 2. The van der Waals surface area contributed by atoms with E-state index < -0.39 is 0 Å². The number of hydrogen-bond donors (Lipinski definition) is 1. The van der Waals surface area contributed by atoms with Crippen LogP contribution < -0.4 is 14.8 Å². The van der Waals surface area contributed by atoms with Crippen LogP contribution in [0.2, 0.25) is 0 Å². The highest BCUT2D eigenvalue weighted by molar-refractivity contribution is 9.10. The minimum atomic E-state index is 0.611. The van der Waals surface area contributed by atoms with Gasteiger partial charge in [0.2, 0.25) is 5.16 Å².